The van der Waals surface area contributed by atoms with Gasteiger partial charge >= 0.3 is 0 Å². The molecular formula is C17H17N3O5. The molecule has 1 aliphatic heterocycles. The Morgan fingerprint density at radius 3 is 2.72 bits per heavy atom. The second kappa shape index (κ2) is 6.68. The van der Waals surface area contributed by atoms with Gasteiger partial charge in [0.1, 0.15) is 0 Å². The summed E-state index contributed by atoms with van der Waals surface area (Å²) in [4.78, 5) is 24.7. The number of hydrogen-bond donors (Lipinski definition) is 1. The minimum absolute atomic E-state index is 0.126. The van der Waals surface area contributed by atoms with Crippen molar-refractivity contribution in [2.75, 3.05) is 26.2 Å². The number of carbonyl (C=O) groups excluding carboxylic acids is 1. The summed E-state index contributed by atoms with van der Waals surface area (Å²) in [7, 11) is 3.31. The summed E-state index contributed by atoms with van der Waals surface area (Å²) in [6.07, 6.45) is 0. The van der Waals surface area contributed by atoms with Crippen LogP contribution in [0.2, 0.25) is 0 Å². The maximum Gasteiger partial charge on any atom is 0.270 e. The number of benzene rings is 2. The lowest BCUT2D eigenvalue weighted by Gasteiger charge is -2.19. The number of nitro groups is 1. The number of rotatable bonds is 5. The van der Waals surface area contributed by atoms with Crippen molar-refractivity contribution in [3.8, 4) is 11.5 Å². The van der Waals surface area contributed by atoms with Crippen LogP contribution in [0.3, 0.4) is 0 Å². The number of fused-ring (bicyclic) bond motifs is 1. The Kier molecular flexibility index (Phi) is 4.42. The first-order valence-corrected chi connectivity index (χ1v) is 7.60. The van der Waals surface area contributed by atoms with Gasteiger partial charge in [-0.05, 0) is 23.8 Å². The average molecular weight is 343 g/mol. The van der Waals surface area contributed by atoms with Crippen LogP contribution in [0.15, 0.2) is 36.4 Å². The molecule has 2 aromatic carbocycles. The number of ether oxygens (including phenoxy) is 2. The molecule has 0 saturated carbocycles. The van der Waals surface area contributed by atoms with Gasteiger partial charge < -0.3 is 19.7 Å². The van der Waals surface area contributed by atoms with Crippen molar-refractivity contribution < 1.29 is 19.2 Å². The molecule has 8 nitrogen and oxygen atoms in total. The van der Waals surface area contributed by atoms with Gasteiger partial charge in [-0.15, -0.1) is 0 Å². The molecule has 0 aliphatic carbocycles. The smallest absolute Gasteiger partial charge is 0.270 e. The molecule has 0 atom stereocenters. The number of amides is 1. The predicted octanol–water partition coefficient (Wildman–Crippen LogP) is 2.64. The summed E-state index contributed by atoms with van der Waals surface area (Å²) in [6, 6.07) is 9.63. The summed E-state index contributed by atoms with van der Waals surface area (Å²) < 4.78 is 10.6. The van der Waals surface area contributed by atoms with E-state index < -0.39 is 4.92 Å². The molecule has 0 fully saturated rings. The number of anilines is 1. The van der Waals surface area contributed by atoms with Crippen LogP contribution in [0.5, 0.6) is 11.5 Å². The van der Waals surface area contributed by atoms with E-state index >= 15 is 0 Å². The van der Waals surface area contributed by atoms with Crippen molar-refractivity contribution >= 4 is 17.3 Å². The van der Waals surface area contributed by atoms with Crippen LogP contribution in [0.25, 0.3) is 0 Å². The van der Waals surface area contributed by atoms with Gasteiger partial charge in [0, 0.05) is 38.5 Å². The van der Waals surface area contributed by atoms with E-state index in [1.807, 2.05) is 12.1 Å². The lowest BCUT2D eigenvalue weighted by molar-refractivity contribution is -0.384. The molecule has 1 heterocycles. The SMILES string of the molecule is CNc1ccc([N+](=O)[O-])cc1C(=O)N(C)Cc1ccc2c(c1)OCO2. The zero-order chi connectivity index (χ0) is 18.0. The second-order valence-corrected chi connectivity index (χ2v) is 5.59. The Morgan fingerprint density at radius 1 is 1.24 bits per heavy atom. The van der Waals surface area contributed by atoms with Gasteiger partial charge in [-0.25, -0.2) is 0 Å². The second-order valence-electron chi connectivity index (χ2n) is 5.59. The first-order valence-electron chi connectivity index (χ1n) is 7.60. The molecule has 0 aromatic heterocycles. The van der Waals surface area contributed by atoms with E-state index in [2.05, 4.69) is 5.32 Å². The number of nitro benzene ring substituents is 1. The molecule has 3 rings (SSSR count). The molecule has 130 valence electrons. The van der Waals surface area contributed by atoms with E-state index in [9.17, 15) is 14.9 Å². The maximum atomic E-state index is 12.7. The van der Waals surface area contributed by atoms with Crippen LogP contribution < -0.4 is 14.8 Å². The zero-order valence-corrected chi connectivity index (χ0v) is 13.8. The highest BCUT2D eigenvalue weighted by molar-refractivity contribution is 6.00. The van der Waals surface area contributed by atoms with Gasteiger partial charge in [-0.3, -0.25) is 14.9 Å². The Balaban J connectivity index is 1.82. The summed E-state index contributed by atoms with van der Waals surface area (Å²) in [5.74, 6) is 1.00. The summed E-state index contributed by atoms with van der Waals surface area (Å²) in [6.45, 7) is 0.522. The van der Waals surface area contributed by atoms with E-state index in [-0.39, 0.29) is 24.0 Å². The highest BCUT2D eigenvalue weighted by atomic mass is 16.7. The molecular weight excluding hydrogens is 326 g/mol. The first-order chi connectivity index (χ1) is 12.0. The van der Waals surface area contributed by atoms with E-state index in [0.29, 0.717) is 23.7 Å². The molecule has 1 N–H and O–H groups in total. The lowest BCUT2D eigenvalue weighted by Crippen LogP contribution is -2.27. The topological polar surface area (TPSA) is 93.9 Å². The third kappa shape index (κ3) is 3.32. The Bertz CT molecular complexity index is 837. The summed E-state index contributed by atoms with van der Waals surface area (Å²) >= 11 is 0. The average Bonchev–Trinajstić information content (AvgIpc) is 3.08. The highest BCUT2D eigenvalue weighted by Gasteiger charge is 2.20. The Morgan fingerprint density at radius 2 is 2.00 bits per heavy atom. The van der Waals surface area contributed by atoms with Gasteiger partial charge in [0.05, 0.1) is 10.5 Å². The summed E-state index contributed by atoms with van der Waals surface area (Å²) in [5, 5.41) is 13.9. The maximum absolute atomic E-state index is 12.7. The van der Waals surface area contributed by atoms with Gasteiger partial charge in [-0.2, -0.15) is 0 Å². The molecule has 1 aliphatic rings. The molecule has 25 heavy (non-hydrogen) atoms. The fourth-order valence-corrected chi connectivity index (χ4v) is 2.63. The molecule has 0 saturated heterocycles. The van der Waals surface area contributed by atoms with Crippen LogP contribution in [-0.2, 0) is 6.54 Å². The van der Waals surface area contributed by atoms with Crippen LogP contribution in [-0.4, -0.2) is 36.6 Å². The van der Waals surface area contributed by atoms with Crippen molar-refractivity contribution in [2.24, 2.45) is 0 Å². The third-order valence-electron chi connectivity index (χ3n) is 3.92. The fraction of sp³-hybridized carbons (Fsp3) is 0.235. The fourth-order valence-electron chi connectivity index (χ4n) is 2.63. The minimum Gasteiger partial charge on any atom is -0.454 e. The van der Waals surface area contributed by atoms with Crippen molar-refractivity contribution in [2.45, 2.75) is 6.54 Å². The molecule has 1 amide bonds. The van der Waals surface area contributed by atoms with Gasteiger partial charge in [-0.1, -0.05) is 6.07 Å². The molecule has 0 spiro atoms. The largest absolute Gasteiger partial charge is 0.454 e. The van der Waals surface area contributed by atoms with Gasteiger partial charge in [0.25, 0.3) is 11.6 Å². The Hall–Kier alpha value is -3.29. The monoisotopic (exact) mass is 343 g/mol. The van der Waals surface area contributed by atoms with Crippen molar-refractivity contribution in [1.82, 2.24) is 4.90 Å². The lowest BCUT2D eigenvalue weighted by atomic mass is 10.1. The molecule has 2 aromatic rings. The quantitative estimate of drug-likeness (QED) is 0.662. The minimum atomic E-state index is -0.520. The standard InChI is InChI=1S/C17H17N3O5/c1-18-14-5-4-12(20(22)23)8-13(14)17(21)19(2)9-11-3-6-15-16(7-11)25-10-24-15/h3-8,18H,9-10H2,1-2H3. The van der Waals surface area contributed by atoms with Crippen LogP contribution in [0.1, 0.15) is 15.9 Å². The van der Waals surface area contributed by atoms with E-state index in [1.165, 1.54) is 23.1 Å². The van der Waals surface area contributed by atoms with Crippen LogP contribution in [0, 0.1) is 10.1 Å². The summed E-state index contributed by atoms with van der Waals surface area (Å²) in [5.41, 5.74) is 1.53. The van der Waals surface area contributed by atoms with E-state index in [0.717, 1.165) is 5.56 Å². The van der Waals surface area contributed by atoms with Gasteiger partial charge in [0.15, 0.2) is 11.5 Å². The van der Waals surface area contributed by atoms with Crippen molar-refractivity contribution in [3.05, 3.63) is 57.6 Å². The van der Waals surface area contributed by atoms with Crippen molar-refractivity contribution in [1.29, 1.82) is 0 Å². The predicted molar refractivity (Wildman–Crippen MR) is 91.0 cm³/mol. The number of nitrogens with one attached hydrogen (secondary N) is 1. The zero-order valence-electron chi connectivity index (χ0n) is 13.8. The number of non-ortho nitro benzene ring substituents is 1. The van der Waals surface area contributed by atoms with Gasteiger partial charge in [0.2, 0.25) is 6.79 Å². The van der Waals surface area contributed by atoms with Crippen LogP contribution >= 0.6 is 0 Å². The number of carbonyl (C=O) groups is 1. The van der Waals surface area contributed by atoms with Crippen LogP contribution in [0.4, 0.5) is 11.4 Å². The number of nitrogens with zero attached hydrogens (tertiary/aromatic N) is 2. The van der Waals surface area contributed by atoms with E-state index in [1.54, 1.807) is 20.2 Å². The van der Waals surface area contributed by atoms with Crippen molar-refractivity contribution in [3.63, 3.8) is 0 Å². The first kappa shape index (κ1) is 16.6. The molecule has 0 bridgehead atoms. The van der Waals surface area contributed by atoms with E-state index in [4.69, 9.17) is 9.47 Å². The molecule has 0 radical (unpaired) electrons. The normalized spacial score (nSPS) is 11.9. The molecule has 0 unspecified atom stereocenters. The third-order valence-corrected chi connectivity index (χ3v) is 3.92. The highest BCUT2D eigenvalue weighted by Crippen LogP contribution is 2.33. The number of hydrogen-bond acceptors (Lipinski definition) is 6. The molecule has 8 heteroatoms. The Labute approximate surface area is 144 Å².